The number of hydrogen-bond donors (Lipinski definition) is 3. The van der Waals surface area contributed by atoms with E-state index in [-0.39, 0.29) is 11.8 Å². The maximum Gasteiger partial charge on any atom is 0.248 e. The standard InChI is InChI=1S/C11H11ClN4O2/c12-11-15-7-4-2-1-3-6(7)10(16-11)14-5-8(17)9(13)18/h1-4,8,17H,5H2,(H2,13,18)(H,14,15,16). The lowest BCUT2D eigenvalue weighted by Crippen LogP contribution is -2.34. The van der Waals surface area contributed by atoms with E-state index in [1.165, 1.54) is 0 Å². The molecule has 0 aliphatic heterocycles. The summed E-state index contributed by atoms with van der Waals surface area (Å²) in [7, 11) is 0. The van der Waals surface area contributed by atoms with Crippen LogP contribution in [0.4, 0.5) is 5.82 Å². The molecule has 0 aliphatic carbocycles. The highest BCUT2D eigenvalue weighted by Gasteiger charge is 2.12. The first-order valence-corrected chi connectivity index (χ1v) is 5.59. The minimum atomic E-state index is -1.28. The van der Waals surface area contributed by atoms with Gasteiger partial charge in [-0.1, -0.05) is 12.1 Å². The molecule has 94 valence electrons. The molecule has 0 aliphatic rings. The molecule has 18 heavy (non-hydrogen) atoms. The van der Waals surface area contributed by atoms with Crippen LogP contribution in [0.15, 0.2) is 24.3 Å². The molecule has 1 unspecified atom stereocenters. The number of hydrogen-bond acceptors (Lipinski definition) is 5. The smallest absolute Gasteiger partial charge is 0.248 e. The van der Waals surface area contributed by atoms with Crippen LogP contribution in [0.25, 0.3) is 10.9 Å². The largest absolute Gasteiger partial charge is 0.381 e. The molecular formula is C11H11ClN4O2. The number of carbonyl (C=O) groups is 1. The highest BCUT2D eigenvalue weighted by Crippen LogP contribution is 2.21. The van der Waals surface area contributed by atoms with Crippen molar-refractivity contribution in [3.05, 3.63) is 29.5 Å². The highest BCUT2D eigenvalue weighted by molar-refractivity contribution is 6.28. The van der Waals surface area contributed by atoms with Crippen molar-refractivity contribution in [2.75, 3.05) is 11.9 Å². The Labute approximate surface area is 108 Å². The number of fused-ring (bicyclic) bond motifs is 1. The number of benzene rings is 1. The Bertz CT molecular complexity index is 590. The van der Waals surface area contributed by atoms with Crippen LogP contribution in [0.3, 0.4) is 0 Å². The molecule has 0 spiro atoms. The summed E-state index contributed by atoms with van der Waals surface area (Å²) in [5, 5.41) is 13.0. The van der Waals surface area contributed by atoms with Crippen molar-refractivity contribution < 1.29 is 9.90 Å². The second-order valence-corrected chi connectivity index (χ2v) is 4.00. The van der Waals surface area contributed by atoms with Crippen LogP contribution in [-0.4, -0.2) is 33.6 Å². The number of aliphatic hydroxyl groups excluding tert-OH is 1. The monoisotopic (exact) mass is 266 g/mol. The van der Waals surface area contributed by atoms with Crippen molar-refractivity contribution >= 4 is 34.2 Å². The van der Waals surface area contributed by atoms with Crippen LogP contribution in [0.2, 0.25) is 5.28 Å². The van der Waals surface area contributed by atoms with E-state index in [0.717, 1.165) is 5.39 Å². The number of nitrogens with zero attached hydrogens (tertiary/aromatic N) is 2. The minimum absolute atomic E-state index is 0.0350. The predicted octanol–water partition coefficient (Wildman–Crippen LogP) is 0.541. The number of nitrogens with one attached hydrogen (secondary N) is 1. The van der Waals surface area contributed by atoms with Gasteiger partial charge in [0, 0.05) is 5.39 Å². The minimum Gasteiger partial charge on any atom is -0.381 e. The Hall–Kier alpha value is -1.92. The number of halogens is 1. The van der Waals surface area contributed by atoms with Crippen molar-refractivity contribution in [2.24, 2.45) is 5.73 Å². The van der Waals surface area contributed by atoms with E-state index < -0.39 is 12.0 Å². The van der Waals surface area contributed by atoms with Crippen LogP contribution < -0.4 is 11.1 Å². The van der Waals surface area contributed by atoms with Crippen molar-refractivity contribution in [1.82, 2.24) is 9.97 Å². The fourth-order valence-electron chi connectivity index (χ4n) is 1.48. The third-order valence-electron chi connectivity index (χ3n) is 2.37. The lowest BCUT2D eigenvalue weighted by molar-refractivity contribution is -0.125. The fourth-order valence-corrected chi connectivity index (χ4v) is 1.65. The molecule has 0 fully saturated rings. The number of para-hydroxylation sites is 1. The third kappa shape index (κ3) is 2.66. The van der Waals surface area contributed by atoms with Gasteiger partial charge in [-0.2, -0.15) is 0 Å². The Morgan fingerprint density at radius 3 is 2.89 bits per heavy atom. The lowest BCUT2D eigenvalue weighted by atomic mass is 10.2. The zero-order valence-electron chi connectivity index (χ0n) is 9.30. The van der Waals surface area contributed by atoms with E-state index in [9.17, 15) is 9.90 Å². The summed E-state index contributed by atoms with van der Waals surface area (Å²) in [5.74, 6) is -0.349. The summed E-state index contributed by atoms with van der Waals surface area (Å²) < 4.78 is 0. The molecule has 1 aromatic carbocycles. The van der Waals surface area contributed by atoms with Crippen molar-refractivity contribution in [1.29, 1.82) is 0 Å². The van der Waals surface area contributed by atoms with E-state index in [2.05, 4.69) is 15.3 Å². The maximum atomic E-state index is 10.7. The average Bonchev–Trinajstić information content (AvgIpc) is 2.35. The molecule has 0 saturated carbocycles. The van der Waals surface area contributed by atoms with Gasteiger partial charge < -0.3 is 16.2 Å². The highest BCUT2D eigenvalue weighted by atomic mass is 35.5. The zero-order chi connectivity index (χ0) is 13.1. The van der Waals surface area contributed by atoms with Gasteiger partial charge in [-0.05, 0) is 23.7 Å². The second-order valence-electron chi connectivity index (χ2n) is 3.66. The SMILES string of the molecule is NC(=O)C(O)CNc1nc(Cl)nc2ccccc12. The molecule has 0 radical (unpaired) electrons. The first kappa shape index (κ1) is 12.5. The number of aliphatic hydroxyl groups is 1. The van der Waals surface area contributed by atoms with Crippen molar-refractivity contribution in [3.8, 4) is 0 Å². The molecule has 0 bridgehead atoms. The van der Waals surface area contributed by atoms with E-state index in [0.29, 0.717) is 11.3 Å². The van der Waals surface area contributed by atoms with Crippen LogP contribution >= 0.6 is 11.6 Å². The Kier molecular flexibility index (Phi) is 3.59. The van der Waals surface area contributed by atoms with E-state index in [4.69, 9.17) is 17.3 Å². The molecule has 1 amide bonds. The number of nitrogens with two attached hydrogens (primary N) is 1. The van der Waals surface area contributed by atoms with Gasteiger partial charge in [-0.3, -0.25) is 4.79 Å². The number of aromatic nitrogens is 2. The molecule has 4 N–H and O–H groups in total. The summed E-state index contributed by atoms with van der Waals surface area (Å²) >= 11 is 5.79. The molecule has 6 nitrogen and oxygen atoms in total. The van der Waals surface area contributed by atoms with E-state index in [1.807, 2.05) is 18.2 Å². The Morgan fingerprint density at radius 2 is 2.17 bits per heavy atom. The van der Waals surface area contributed by atoms with Crippen LogP contribution in [0.5, 0.6) is 0 Å². The topological polar surface area (TPSA) is 101 Å². The first-order valence-electron chi connectivity index (χ1n) is 5.21. The molecule has 0 saturated heterocycles. The van der Waals surface area contributed by atoms with Gasteiger partial charge in [0.15, 0.2) is 0 Å². The van der Waals surface area contributed by atoms with Crippen LogP contribution in [-0.2, 0) is 4.79 Å². The number of carbonyl (C=O) groups excluding carboxylic acids is 1. The predicted molar refractivity (Wildman–Crippen MR) is 68.2 cm³/mol. The van der Waals surface area contributed by atoms with Crippen molar-refractivity contribution in [3.63, 3.8) is 0 Å². The molecule has 1 aromatic heterocycles. The quantitative estimate of drug-likeness (QED) is 0.701. The average molecular weight is 267 g/mol. The van der Waals surface area contributed by atoms with Crippen LogP contribution in [0.1, 0.15) is 0 Å². The molecule has 2 rings (SSSR count). The summed E-state index contributed by atoms with van der Waals surface area (Å²) in [4.78, 5) is 18.8. The van der Waals surface area contributed by atoms with Gasteiger partial charge >= 0.3 is 0 Å². The normalized spacial score (nSPS) is 12.3. The van der Waals surface area contributed by atoms with Gasteiger partial charge in [0.1, 0.15) is 11.9 Å². The molecule has 2 aromatic rings. The van der Waals surface area contributed by atoms with Crippen LogP contribution in [0, 0.1) is 0 Å². The third-order valence-corrected chi connectivity index (χ3v) is 2.54. The summed E-state index contributed by atoms with van der Waals surface area (Å²) in [5.41, 5.74) is 5.63. The fraction of sp³-hybridized carbons (Fsp3) is 0.182. The molecule has 7 heteroatoms. The van der Waals surface area contributed by atoms with E-state index >= 15 is 0 Å². The van der Waals surface area contributed by atoms with E-state index in [1.54, 1.807) is 6.07 Å². The number of primary amides is 1. The zero-order valence-corrected chi connectivity index (χ0v) is 10.1. The number of rotatable bonds is 4. The summed E-state index contributed by atoms with van der Waals surface area (Å²) in [6, 6.07) is 7.26. The number of anilines is 1. The van der Waals surface area contributed by atoms with Gasteiger partial charge in [0.25, 0.3) is 0 Å². The lowest BCUT2D eigenvalue weighted by Gasteiger charge is -2.11. The summed E-state index contributed by atoms with van der Waals surface area (Å²) in [6.07, 6.45) is -1.28. The van der Waals surface area contributed by atoms with Gasteiger partial charge in [0.05, 0.1) is 12.1 Å². The molecular weight excluding hydrogens is 256 g/mol. The van der Waals surface area contributed by atoms with Gasteiger partial charge in [-0.15, -0.1) is 0 Å². The molecule has 1 atom stereocenters. The summed E-state index contributed by atoms with van der Waals surface area (Å²) in [6.45, 7) is -0.0350. The van der Waals surface area contributed by atoms with Crippen molar-refractivity contribution in [2.45, 2.75) is 6.10 Å². The van der Waals surface area contributed by atoms with Gasteiger partial charge in [-0.25, -0.2) is 9.97 Å². The Balaban J connectivity index is 2.29. The Morgan fingerprint density at radius 1 is 1.44 bits per heavy atom. The number of amides is 1. The second kappa shape index (κ2) is 5.16. The maximum absolute atomic E-state index is 10.7. The molecule has 1 heterocycles. The van der Waals surface area contributed by atoms with Gasteiger partial charge in [0.2, 0.25) is 11.2 Å². The first-order chi connectivity index (χ1) is 8.58.